The summed E-state index contributed by atoms with van der Waals surface area (Å²) < 4.78 is 0. The lowest BCUT2D eigenvalue weighted by Gasteiger charge is -2.30. The third-order valence-corrected chi connectivity index (χ3v) is 5.66. The standard InChI is InChI=1S/C20H31N/c1-20(2,3)17-11-15-8-6-7-14-9-10-18(21(4)5)13-16(12-17)19(14)15/h11-12,14,18H,6-10,13H2,1-5H3. The first kappa shape index (κ1) is 15.1. The Morgan fingerprint density at radius 3 is 2.38 bits per heavy atom. The molecule has 0 bridgehead atoms. The van der Waals surface area contributed by atoms with Crippen LogP contribution in [0.3, 0.4) is 0 Å². The van der Waals surface area contributed by atoms with E-state index in [4.69, 9.17) is 0 Å². The Kier molecular flexibility index (Phi) is 3.90. The van der Waals surface area contributed by atoms with Gasteiger partial charge in [-0.3, -0.25) is 0 Å². The molecule has 3 rings (SSSR count). The van der Waals surface area contributed by atoms with Gasteiger partial charge in [0.2, 0.25) is 0 Å². The molecule has 2 aliphatic carbocycles. The molecule has 1 aromatic rings. The van der Waals surface area contributed by atoms with Crippen molar-refractivity contribution in [1.82, 2.24) is 4.90 Å². The van der Waals surface area contributed by atoms with Crippen LogP contribution in [0.15, 0.2) is 12.1 Å². The molecule has 0 aliphatic heterocycles. The molecule has 1 heteroatoms. The van der Waals surface area contributed by atoms with Crippen molar-refractivity contribution in [2.24, 2.45) is 0 Å². The lowest BCUT2D eigenvalue weighted by atomic mass is 9.75. The van der Waals surface area contributed by atoms with E-state index in [0.717, 1.165) is 12.0 Å². The van der Waals surface area contributed by atoms with Gasteiger partial charge in [-0.2, -0.15) is 0 Å². The molecule has 2 unspecified atom stereocenters. The van der Waals surface area contributed by atoms with E-state index in [9.17, 15) is 0 Å². The Morgan fingerprint density at radius 2 is 1.71 bits per heavy atom. The largest absolute Gasteiger partial charge is 0.306 e. The first-order valence-corrected chi connectivity index (χ1v) is 8.69. The fraction of sp³-hybridized carbons (Fsp3) is 0.700. The average Bonchev–Trinajstić information content (AvgIpc) is 2.59. The van der Waals surface area contributed by atoms with Gasteiger partial charge in [-0.15, -0.1) is 0 Å². The van der Waals surface area contributed by atoms with Crippen LogP contribution >= 0.6 is 0 Å². The van der Waals surface area contributed by atoms with E-state index in [1.807, 2.05) is 0 Å². The van der Waals surface area contributed by atoms with Gasteiger partial charge in [0.05, 0.1) is 0 Å². The average molecular weight is 285 g/mol. The smallest absolute Gasteiger partial charge is 0.0130 e. The summed E-state index contributed by atoms with van der Waals surface area (Å²) >= 11 is 0. The summed E-state index contributed by atoms with van der Waals surface area (Å²) in [5.41, 5.74) is 6.89. The van der Waals surface area contributed by atoms with Gasteiger partial charge < -0.3 is 4.90 Å². The molecule has 0 N–H and O–H groups in total. The van der Waals surface area contributed by atoms with Crippen LogP contribution in [-0.2, 0) is 18.3 Å². The zero-order valence-electron chi connectivity index (χ0n) is 14.5. The van der Waals surface area contributed by atoms with Crippen LogP contribution in [0.2, 0.25) is 0 Å². The van der Waals surface area contributed by atoms with Crippen LogP contribution in [-0.4, -0.2) is 25.0 Å². The monoisotopic (exact) mass is 285 g/mol. The molecule has 1 nitrogen and oxygen atoms in total. The molecule has 0 saturated carbocycles. The van der Waals surface area contributed by atoms with Crippen molar-refractivity contribution in [3.05, 3.63) is 34.4 Å². The van der Waals surface area contributed by atoms with Crippen molar-refractivity contribution in [2.45, 2.75) is 76.7 Å². The minimum Gasteiger partial charge on any atom is -0.306 e. The summed E-state index contributed by atoms with van der Waals surface area (Å²) in [7, 11) is 4.50. The topological polar surface area (TPSA) is 3.24 Å². The molecule has 0 amide bonds. The molecule has 0 saturated heterocycles. The number of aryl methyl sites for hydroxylation is 1. The molecule has 116 valence electrons. The van der Waals surface area contributed by atoms with Crippen LogP contribution in [0.1, 0.15) is 74.6 Å². The van der Waals surface area contributed by atoms with E-state index in [-0.39, 0.29) is 5.41 Å². The number of likely N-dealkylation sites (N-methyl/N-ethyl adjacent to an activating group) is 1. The summed E-state index contributed by atoms with van der Waals surface area (Å²) in [5, 5.41) is 0. The van der Waals surface area contributed by atoms with Gasteiger partial charge >= 0.3 is 0 Å². The van der Waals surface area contributed by atoms with Crippen LogP contribution in [0.4, 0.5) is 0 Å². The number of nitrogens with zero attached hydrogens (tertiary/aromatic N) is 1. The Bertz CT molecular complexity index is 521. The third kappa shape index (κ3) is 2.90. The van der Waals surface area contributed by atoms with Gasteiger partial charge in [0, 0.05) is 6.04 Å². The maximum absolute atomic E-state index is 2.54. The molecule has 1 aromatic carbocycles. The van der Waals surface area contributed by atoms with Gasteiger partial charge in [0.15, 0.2) is 0 Å². The fourth-order valence-electron chi connectivity index (χ4n) is 4.27. The zero-order valence-corrected chi connectivity index (χ0v) is 14.5. The van der Waals surface area contributed by atoms with E-state index < -0.39 is 0 Å². The SMILES string of the molecule is CN(C)C1CCC2CCCc3cc(C(C)(C)C)cc(c32)C1. The minimum atomic E-state index is 0.262. The first-order valence-electron chi connectivity index (χ1n) is 8.69. The summed E-state index contributed by atoms with van der Waals surface area (Å²) in [4.78, 5) is 2.44. The van der Waals surface area contributed by atoms with Crippen molar-refractivity contribution in [3.8, 4) is 0 Å². The van der Waals surface area contributed by atoms with Crippen LogP contribution in [0, 0.1) is 0 Å². The quantitative estimate of drug-likeness (QED) is 0.724. The molecule has 0 fully saturated rings. The molecule has 0 radical (unpaired) electrons. The lowest BCUT2D eigenvalue weighted by Crippen LogP contribution is -2.29. The summed E-state index contributed by atoms with van der Waals surface area (Å²) in [6.07, 6.45) is 8.09. The van der Waals surface area contributed by atoms with Crippen LogP contribution < -0.4 is 0 Å². The lowest BCUT2D eigenvalue weighted by molar-refractivity contribution is 0.271. The van der Waals surface area contributed by atoms with Gasteiger partial charge in [-0.1, -0.05) is 32.9 Å². The Hall–Kier alpha value is -0.820. The fourth-order valence-corrected chi connectivity index (χ4v) is 4.27. The second-order valence-electron chi connectivity index (χ2n) is 8.45. The number of hydrogen-bond acceptors (Lipinski definition) is 1. The highest BCUT2D eigenvalue weighted by atomic mass is 15.1. The predicted molar refractivity (Wildman–Crippen MR) is 91.2 cm³/mol. The summed E-state index contributed by atoms with van der Waals surface area (Å²) in [6.45, 7) is 7.05. The van der Waals surface area contributed by atoms with E-state index in [0.29, 0.717) is 0 Å². The van der Waals surface area contributed by atoms with Gasteiger partial charge in [-0.25, -0.2) is 0 Å². The summed E-state index contributed by atoms with van der Waals surface area (Å²) in [6, 6.07) is 5.79. The molecule has 0 aromatic heterocycles. The van der Waals surface area contributed by atoms with Crippen molar-refractivity contribution in [2.75, 3.05) is 14.1 Å². The van der Waals surface area contributed by atoms with E-state index in [1.165, 1.54) is 44.1 Å². The van der Waals surface area contributed by atoms with E-state index in [2.05, 4.69) is 51.9 Å². The highest BCUT2D eigenvalue weighted by Gasteiger charge is 2.30. The highest BCUT2D eigenvalue weighted by Crippen LogP contribution is 2.42. The number of rotatable bonds is 1. The van der Waals surface area contributed by atoms with Crippen molar-refractivity contribution >= 4 is 0 Å². The maximum Gasteiger partial charge on any atom is 0.0130 e. The second-order valence-corrected chi connectivity index (χ2v) is 8.45. The van der Waals surface area contributed by atoms with Crippen LogP contribution in [0.25, 0.3) is 0 Å². The maximum atomic E-state index is 2.54. The van der Waals surface area contributed by atoms with Crippen molar-refractivity contribution in [1.29, 1.82) is 0 Å². The normalized spacial score (nSPS) is 25.6. The number of benzene rings is 1. The molecular formula is C20H31N. The Morgan fingerprint density at radius 1 is 1.00 bits per heavy atom. The van der Waals surface area contributed by atoms with E-state index in [1.54, 1.807) is 16.7 Å². The summed E-state index contributed by atoms with van der Waals surface area (Å²) in [5.74, 6) is 0.836. The molecule has 2 aliphatic rings. The Labute approximate surface area is 130 Å². The van der Waals surface area contributed by atoms with Crippen molar-refractivity contribution in [3.63, 3.8) is 0 Å². The second kappa shape index (κ2) is 5.43. The molecule has 21 heavy (non-hydrogen) atoms. The number of hydrogen-bond donors (Lipinski definition) is 0. The molecule has 0 heterocycles. The third-order valence-electron chi connectivity index (χ3n) is 5.66. The zero-order chi connectivity index (χ0) is 15.2. The van der Waals surface area contributed by atoms with E-state index >= 15 is 0 Å². The van der Waals surface area contributed by atoms with Crippen molar-refractivity contribution < 1.29 is 0 Å². The van der Waals surface area contributed by atoms with Gasteiger partial charge in [-0.05, 0) is 86.2 Å². The van der Waals surface area contributed by atoms with Gasteiger partial charge in [0.1, 0.15) is 0 Å². The minimum absolute atomic E-state index is 0.262. The molecular weight excluding hydrogens is 254 g/mol. The Balaban J connectivity index is 2.09. The van der Waals surface area contributed by atoms with Gasteiger partial charge in [0.25, 0.3) is 0 Å². The predicted octanol–water partition coefficient (Wildman–Crippen LogP) is 4.67. The first-order chi connectivity index (χ1) is 9.86. The molecule has 2 atom stereocenters. The van der Waals surface area contributed by atoms with Crippen LogP contribution in [0.5, 0.6) is 0 Å². The highest BCUT2D eigenvalue weighted by molar-refractivity contribution is 5.46. The molecule has 0 spiro atoms.